The maximum Gasteiger partial charge on any atom is 0.243 e. The molecule has 0 saturated carbocycles. The Labute approximate surface area is 132 Å². The van der Waals surface area contributed by atoms with Crippen LogP contribution in [0.5, 0.6) is 0 Å². The van der Waals surface area contributed by atoms with E-state index in [1.807, 2.05) is 0 Å². The maximum atomic E-state index is 12.8. The average molecular weight is 348 g/mol. The van der Waals surface area contributed by atoms with Crippen LogP contribution in [0.1, 0.15) is 5.56 Å². The summed E-state index contributed by atoms with van der Waals surface area (Å²) in [6.45, 7) is 0.162. The topological polar surface area (TPSA) is 46.2 Å². The van der Waals surface area contributed by atoms with E-state index in [-0.39, 0.29) is 27.3 Å². The molecule has 0 atom stereocenters. The molecule has 2 aromatic carbocycles. The van der Waals surface area contributed by atoms with Gasteiger partial charge in [0.1, 0.15) is 10.7 Å². The third kappa shape index (κ3) is 4.17. The summed E-state index contributed by atoms with van der Waals surface area (Å²) in [5.74, 6) is -0.331. The van der Waals surface area contributed by atoms with E-state index in [0.717, 1.165) is 5.56 Å². The highest BCUT2D eigenvalue weighted by molar-refractivity contribution is 7.89. The van der Waals surface area contributed by atoms with Crippen LogP contribution in [0.4, 0.5) is 4.39 Å². The van der Waals surface area contributed by atoms with Crippen molar-refractivity contribution in [2.75, 3.05) is 6.54 Å². The first-order valence-corrected chi connectivity index (χ1v) is 8.32. The Morgan fingerprint density at radius 2 is 1.57 bits per heavy atom. The molecule has 0 radical (unpaired) electrons. The second-order valence-electron chi connectivity index (χ2n) is 4.33. The van der Waals surface area contributed by atoms with Crippen LogP contribution < -0.4 is 4.72 Å². The normalized spacial score (nSPS) is 11.6. The molecule has 0 amide bonds. The van der Waals surface area contributed by atoms with E-state index in [4.69, 9.17) is 23.2 Å². The van der Waals surface area contributed by atoms with Crippen molar-refractivity contribution in [3.05, 3.63) is 63.9 Å². The lowest BCUT2D eigenvalue weighted by Crippen LogP contribution is -2.26. The van der Waals surface area contributed by atoms with Gasteiger partial charge in [-0.25, -0.2) is 17.5 Å². The molecule has 0 spiro atoms. The SMILES string of the molecule is O=S(=O)(NCCc1ccc(F)cc1)c1c(Cl)cccc1Cl. The Balaban J connectivity index is 2.07. The molecule has 0 unspecified atom stereocenters. The van der Waals surface area contributed by atoms with Gasteiger partial charge in [0, 0.05) is 6.54 Å². The molecule has 0 aromatic heterocycles. The van der Waals surface area contributed by atoms with Gasteiger partial charge < -0.3 is 0 Å². The number of sulfonamides is 1. The van der Waals surface area contributed by atoms with Crippen LogP contribution in [-0.4, -0.2) is 15.0 Å². The fraction of sp³-hybridized carbons (Fsp3) is 0.143. The fourth-order valence-corrected chi connectivity index (χ4v) is 3.96. The van der Waals surface area contributed by atoms with E-state index < -0.39 is 10.0 Å². The van der Waals surface area contributed by atoms with Crippen molar-refractivity contribution in [3.8, 4) is 0 Å². The minimum Gasteiger partial charge on any atom is -0.211 e. The van der Waals surface area contributed by atoms with Crippen molar-refractivity contribution in [1.29, 1.82) is 0 Å². The Kier molecular flexibility index (Phi) is 5.22. The summed E-state index contributed by atoms with van der Waals surface area (Å²) in [7, 11) is -3.79. The number of halogens is 3. The van der Waals surface area contributed by atoms with Gasteiger partial charge >= 0.3 is 0 Å². The van der Waals surface area contributed by atoms with Crippen LogP contribution >= 0.6 is 23.2 Å². The van der Waals surface area contributed by atoms with Crippen LogP contribution in [0, 0.1) is 5.82 Å². The molecular weight excluding hydrogens is 336 g/mol. The van der Waals surface area contributed by atoms with E-state index in [2.05, 4.69) is 4.72 Å². The third-order valence-corrected chi connectivity index (χ3v) is 5.22. The van der Waals surface area contributed by atoms with Crippen LogP contribution in [0.15, 0.2) is 47.4 Å². The first kappa shape index (κ1) is 16.2. The molecule has 0 saturated heterocycles. The molecule has 0 aliphatic carbocycles. The van der Waals surface area contributed by atoms with Crippen molar-refractivity contribution in [2.24, 2.45) is 0 Å². The molecule has 21 heavy (non-hydrogen) atoms. The number of nitrogens with one attached hydrogen (secondary N) is 1. The molecule has 2 rings (SSSR count). The zero-order valence-corrected chi connectivity index (χ0v) is 13.1. The van der Waals surface area contributed by atoms with E-state index in [9.17, 15) is 12.8 Å². The van der Waals surface area contributed by atoms with Gasteiger partial charge in [-0.1, -0.05) is 41.4 Å². The lowest BCUT2D eigenvalue weighted by atomic mass is 10.1. The van der Waals surface area contributed by atoms with Crippen LogP contribution in [-0.2, 0) is 16.4 Å². The minimum atomic E-state index is -3.79. The highest BCUT2D eigenvalue weighted by Crippen LogP contribution is 2.28. The summed E-state index contributed by atoms with van der Waals surface area (Å²) in [4.78, 5) is -0.132. The summed E-state index contributed by atoms with van der Waals surface area (Å²) < 4.78 is 39.6. The highest BCUT2D eigenvalue weighted by Gasteiger charge is 2.20. The van der Waals surface area contributed by atoms with Gasteiger partial charge in [0.15, 0.2) is 0 Å². The molecule has 0 fully saturated rings. The summed E-state index contributed by atoms with van der Waals surface area (Å²) in [5.41, 5.74) is 0.823. The van der Waals surface area contributed by atoms with E-state index >= 15 is 0 Å². The van der Waals surface area contributed by atoms with Crippen LogP contribution in [0.2, 0.25) is 10.0 Å². The predicted octanol–water partition coefficient (Wildman–Crippen LogP) is 3.65. The van der Waals surface area contributed by atoms with Gasteiger partial charge in [-0.2, -0.15) is 0 Å². The van der Waals surface area contributed by atoms with Gasteiger partial charge in [0.2, 0.25) is 10.0 Å². The molecule has 0 heterocycles. The Morgan fingerprint density at radius 1 is 1.00 bits per heavy atom. The largest absolute Gasteiger partial charge is 0.243 e. The fourth-order valence-electron chi connectivity index (χ4n) is 1.79. The third-order valence-electron chi connectivity index (χ3n) is 2.81. The number of benzene rings is 2. The molecular formula is C14H12Cl2FNO2S. The van der Waals surface area contributed by atoms with Crippen molar-refractivity contribution in [1.82, 2.24) is 4.72 Å². The maximum absolute atomic E-state index is 12.8. The molecule has 0 aliphatic heterocycles. The smallest absolute Gasteiger partial charge is 0.211 e. The molecule has 1 N–H and O–H groups in total. The van der Waals surface area contributed by atoms with Gasteiger partial charge in [0.05, 0.1) is 10.0 Å². The van der Waals surface area contributed by atoms with E-state index in [0.29, 0.717) is 6.42 Å². The number of hydrogen-bond donors (Lipinski definition) is 1. The van der Waals surface area contributed by atoms with E-state index in [1.165, 1.54) is 24.3 Å². The highest BCUT2D eigenvalue weighted by atomic mass is 35.5. The molecule has 2 aromatic rings. The second-order valence-corrected chi connectivity index (χ2v) is 6.84. The lowest BCUT2D eigenvalue weighted by molar-refractivity contribution is 0.581. The minimum absolute atomic E-state index is 0.0665. The van der Waals surface area contributed by atoms with Crippen molar-refractivity contribution in [2.45, 2.75) is 11.3 Å². The Morgan fingerprint density at radius 3 is 2.14 bits per heavy atom. The molecule has 3 nitrogen and oxygen atoms in total. The summed E-state index contributed by atoms with van der Waals surface area (Å²) in [5, 5.41) is 0.133. The van der Waals surface area contributed by atoms with Crippen molar-refractivity contribution < 1.29 is 12.8 Å². The predicted molar refractivity (Wildman–Crippen MR) is 81.8 cm³/mol. The number of rotatable bonds is 5. The first-order valence-electron chi connectivity index (χ1n) is 6.08. The van der Waals surface area contributed by atoms with Gasteiger partial charge in [-0.05, 0) is 36.2 Å². The zero-order valence-electron chi connectivity index (χ0n) is 10.8. The molecule has 0 bridgehead atoms. The quantitative estimate of drug-likeness (QED) is 0.897. The van der Waals surface area contributed by atoms with Crippen LogP contribution in [0.25, 0.3) is 0 Å². The zero-order chi connectivity index (χ0) is 15.5. The standard InChI is InChI=1S/C14H12Cl2FNO2S/c15-12-2-1-3-13(16)14(12)21(19,20)18-9-8-10-4-6-11(17)7-5-10/h1-7,18H,8-9H2. The van der Waals surface area contributed by atoms with Gasteiger partial charge in [0.25, 0.3) is 0 Å². The van der Waals surface area contributed by atoms with Crippen molar-refractivity contribution >= 4 is 33.2 Å². The average Bonchev–Trinajstić information content (AvgIpc) is 2.40. The van der Waals surface area contributed by atoms with Gasteiger partial charge in [-0.15, -0.1) is 0 Å². The molecule has 0 aliphatic rings. The van der Waals surface area contributed by atoms with Crippen LogP contribution in [0.3, 0.4) is 0 Å². The summed E-state index contributed by atoms with van der Waals surface area (Å²) in [6, 6.07) is 10.4. The molecule has 112 valence electrons. The first-order chi connectivity index (χ1) is 9.90. The Bertz CT molecular complexity index is 713. The van der Waals surface area contributed by atoms with Crippen molar-refractivity contribution in [3.63, 3.8) is 0 Å². The number of hydrogen-bond acceptors (Lipinski definition) is 2. The van der Waals surface area contributed by atoms with Gasteiger partial charge in [-0.3, -0.25) is 0 Å². The lowest BCUT2D eigenvalue weighted by Gasteiger charge is -2.10. The summed E-state index contributed by atoms with van der Waals surface area (Å²) >= 11 is 11.8. The molecule has 7 heteroatoms. The second kappa shape index (κ2) is 6.75. The summed E-state index contributed by atoms with van der Waals surface area (Å²) in [6.07, 6.45) is 0.432. The van der Waals surface area contributed by atoms with E-state index in [1.54, 1.807) is 18.2 Å². The monoisotopic (exact) mass is 347 g/mol. The Hall–Kier alpha value is -1.14.